The molecule has 3 aromatic rings. The summed E-state index contributed by atoms with van der Waals surface area (Å²) in [6.07, 6.45) is -1.08. The third-order valence-corrected chi connectivity index (χ3v) is 4.36. The maximum Gasteiger partial charge on any atom is 0.375 e. The number of hydrogen-bond donors (Lipinski definition) is 1. The van der Waals surface area contributed by atoms with Gasteiger partial charge < -0.3 is 28.7 Å². The van der Waals surface area contributed by atoms with Crippen molar-refractivity contribution in [3.63, 3.8) is 0 Å². The highest BCUT2D eigenvalue weighted by atomic mass is 19.1. The Bertz CT molecular complexity index is 1080. The van der Waals surface area contributed by atoms with Crippen molar-refractivity contribution in [2.75, 3.05) is 19.5 Å². The zero-order chi connectivity index (χ0) is 23.1. The largest absolute Gasteiger partial charge is 0.493 e. The highest BCUT2D eigenvalue weighted by Gasteiger charge is 2.22. The van der Waals surface area contributed by atoms with Gasteiger partial charge in [-0.3, -0.25) is 4.79 Å². The third-order valence-electron chi connectivity index (χ3n) is 4.36. The first-order chi connectivity index (χ1) is 15.4. The fourth-order valence-corrected chi connectivity index (χ4v) is 2.68. The fraction of sp³-hybridized carbons (Fsp3) is 0.217. The quantitative estimate of drug-likeness (QED) is 0.495. The Morgan fingerprint density at radius 1 is 1.00 bits per heavy atom. The zero-order valence-electron chi connectivity index (χ0n) is 17.7. The van der Waals surface area contributed by atoms with Crippen molar-refractivity contribution < 1.29 is 37.3 Å². The first-order valence-corrected chi connectivity index (χ1v) is 9.60. The number of benzene rings is 2. The second-order valence-corrected chi connectivity index (χ2v) is 6.62. The van der Waals surface area contributed by atoms with Crippen LogP contribution < -0.4 is 19.5 Å². The van der Waals surface area contributed by atoms with E-state index in [0.29, 0.717) is 28.7 Å². The summed E-state index contributed by atoms with van der Waals surface area (Å²) in [4.78, 5) is 24.7. The molecule has 0 saturated carbocycles. The summed E-state index contributed by atoms with van der Waals surface area (Å²) in [5.41, 5.74) is 0.453. The van der Waals surface area contributed by atoms with Gasteiger partial charge in [0.2, 0.25) is 5.76 Å². The third kappa shape index (κ3) is 5.78. The first-order valence-electron chi connectivity index (χ1n) is 9.60. The van der Waals surface area contributed by atoms with Crippen LogP contribution in [0.3, 0.4) is 0 Å². The number of nitrogens with one attached hydrogen (secondary N) is 1. The molecule has 9 heteroatoms. The first kappa shape index (κ1) is 22.7. The van der Waals surface area contributed by atoms with Gasteiger partial charge in [-0.1, -0.05) is 0 Å². The van der Waals surface area contributed by atoms with Crippen molar-refractivity contribution in [1.29, 1.82) is 0 Å². The van der Waals surface area contributed by atoms with Crippen LogP contribution in [-0.2, 0) is 16.1 Å². The van der Waals surface area contributed by atoms with E-state index in [1.54, 1.807) is 24.3 Å². The molecule has 2 aromatic carbocycles. The monoisotopic (exact) mass is 443 g/mol. The lowest BCUT2D eigenvalue weighted by Crippen LogP contribution is -2.29. The average Bonchev–Trinajstić information content (AvgIpc) is 3.27. The van der Waals surface area contributed by atoms with Crippen molar-refractivity contribution in [3.8, 4) is 17.2 Å². The van der Waals surface area contributed by atoms with Gasteiger partial charge in [-0.05, 0) is 55.5 Å². The molecular formula is C23H22FNO7. The molecule has 3 rings (SSSR count). The summed E-state index contributed by atoms with van der Waals surface area (Å²) in [6, 6.07) is 13.3. The number of carbonyl (C=O) groups is 2. The number of methoxy groups -OCH3 is 2. The number of hydrogen-bond acceptors (Lipinski definition) is 7. The van der Waals surface area contributed by atoms with Crippen LogP contribution in [0.5, 0.6) is 17.2 Å². The van der Waals surface area contributed by atoms with Gasteiger partial charge in [-0.25, -0.2) is 9.18 Å². The normalized spacial score (nSPS) is 11.4. The fourth-order valence-electron chi connectivity index (χ4n) is 2.68. The number of esters is 1. The van der Waals surface area contributed by atoms with Gasteiger partial charge in [0.05, 0.1) is 14.2 Å². The van der Waals surface area contributed by atoms with E-state index in [1.165, 1.54) is 51.5 Å². The van der Waals surface area contributed by atoms with Gasteiger partial charge in [0.1, 0.15) is 23.9 Å². The maximum atomic E-state index is 12.9. The van der Waals surface area contributed by atoms with Gasteiger partial charge in [-0.2, -0.15) is 0 Å². The lowest BCUT2D eigenvalue weighted by atomic mass is 10.2. The van der Waals surface area contributed by atoms with Crippen LogP contribution in [0, 0.1) is 5.82 Å². The van der Waals surface area contributed by atoms with E-state index >= 15 is 0 Å². The van der Waals surface area contributed by atoms with E-state index in [4.69, 9.17) is 23.4 Å². The minimum absolute atomic E-state index is 0.0360. The van der Waals surface area contributed by atoms with Crippen molar-refractivity contribution in [2.24, 2.45) is 0 Å². The van der Waals surface area contributed by atoms with Crippen molar-refractivity contribution in [3.05, 3.63) is 71.9 Å². The molecule has 0 aliphatic carbocycles. The molecule has 8 nitrogen and oxygen atoms in total. The number of anilines is 1. The Hall–Kier alpha value is -4.01. The van der Waals surface area contributed by atoms with Crippen molar-refractivity contribution in [2.45, 2.75) is 19.6 Å². The Balaban J connectivity index is 1.53. The topological polar surface area (TPSA) is 96.2 Å². The maximum absolute atomic E-state index is 12.9. The van der Waals surface area contributed by atoms with Crippen LogP contribution >= 0.6 is 0 Å². The second-order valence-electron chi connectivity index (χ2n) is 6.62. The zero-order valence-corrected chi connectivity index (χ0v) is 17.7. The predicted octanol–water partition coefficient (Wildman–Crippen LogP) is 4.20. The molecule has 0 aliphatic rings. The summed E-state index contributed by atoms with van der Waals surface area (Å²) >= 11 is 0. The summed E-state index contributed by atoms with van der Waals surface area (Å²) < 4.78 is 39.3. The molecule has 1 amide bonds. The molecule has 0 radical (unpaired) electrons. The molecule has 1 unspecified atom stereocenters. The number of carbonyl (C=O) groups excluding carboxylic acids is 2. The van der Waals surface area contributed by atoms with Crippen LogP contribution in [-0.4, -0.2) is 32.2 Å². The van der Waals surface area contributed by atoms with E-state index < -0.39 is 18.0 Å². The molecule has 0 bridgehead atoms. The van der Waals surface area contributed by atoms with Crippen LogP contribution in [0.15, 0.2) is 59.0 Å². The summed E-state index contributed by atoms with van der Waals surface area (Å²) in [5.74, 6) is 0.00198. The second kappa shape index (κ2) is 10.3. The number of rotatable bonds is 9. The van der Waals surface area contributed by atoms with E-state index in [9.17, 15) is 14.0 Å². The van der Waals surface area contributed by atoms with Gasteiger partial charge in [0.15, 0.2) is 17.6 Å². The van der Waals surface area contributed by atoms with E-state index in [0.717, 1.165) is 0 Å². The molecule has 168 valence electrons. The Kier molecular flexibility index (Phi) is 7.33. The van der Waals surface area contributed by atoms with Gasteiger partial charge in [0.25, 0.3) is 5.91 Å². The Morgan fingerprint density at radius 3 is 2.41 bits per heavy atom. The summed E-state index contributed by atoms with van der Waals surface area (Å²) in [6.45, 7) is 1.48. The smallest absolute Gasteiger partial charge is 0.375 e. The van der Waals surface area contributed by atoms with Crippen LogP contribution in [0.4, 0.5) is 10.1 Å². The molecule has 1 aromatic heterocycles. The summed E-state index contributed by atoms with van der Waals surface area (Å²) in [5, 5.41) is 2.64. The number of halogens is 1. The predicted molar refractivity (Wildman–Crippen MR) is 112 cm³/mol. The molecule has 0 spiro atoms. The Labute approximate surface area is 183 Å². The average molecular weight is 443 g/mol. The van der Waals surface area contributed by atoms with Crippen LogP contribution in [0.2, 0.25) is 0 Å². The van der Waals surface area contributed by atoms with Gasteiger partial charge in [-0.15, -0.1) is 0 Å². The van der Waals surface area contributed by atoms with E-state index in [1.807, 2.05) is 0 Å². The molecule has 1 heterocycles. The molecule has 1 atom stereocenters. The van der Waals surface area contributed by atoms with Crippen molar-refractivity contribution in [1.82, 2.24) is 0 Å². The van der Waals surface area contributed by atoms with Gasteiger partial charge in [0, 0.05) is 11.8 Å². The number of ether oxygens (including phenoxy) is 4. The van der Waals surface area contributed by atoms with Gasteiger partial charge >= 0.3 is 5.97 Å². The molecule has 0 aliphatic heterocycles. The molecule has 1 N–H and O–H groups in total. The SMILES string of the molecule is COc1ccc(NC(=O)C(C)OC(=O)c2ccc(COc3ccc(F)cc3)o2)cc1OC. The minimum Gasteiger partial charge on any atom is -0.493 e. The number of amides is 1. The van der Waals surface area contributed by atoms with Crippen LogP contribution in [0.1, 0.15) is 23.2 Å². The standard InChI is InChI=1S/C23H22FNO7/c1-14(22(26)25-16-6-10-19(28-2)21(12-16)29-3)31-23(27)20-11-9-18(32-20)13-30-17-7-4-15(24)5-8-17/h4-12,14H,13H2,1-3H3,(H,25,26). The van der Waals surface area contributed by atoms with E-state index in [-0.39, 0.29) is 18.2 Å². The highest BCUT2D eigenvalue weighted by molar-refractivity contribution is 5.96. The molecule has 0 fully saturated rings. The molecule has 0 saturated heterocycles. The lowest BCUT2D eigenvalue weighted by Gasteiger charge is -2.14. The molecular weight excluding hydrogens is 421 g/mol. The molecule has 32 heavy (non-hydrogen) atoms. The van der Waals surface area contributed by atoms with E-state index in [2.05, 4.69) is 5.32 Å². The lowest BCUT2D eigenvalue weighted by molar-refractivity contribution is -0.123. The number of furan rings is 1. The highest BCUT2D eigenvalue weighted by Crippen LogP contribution is 2.29. The van der Waals surface area contributed by atoms with Crippen LogP contribution in [0.25, 0.3) is 0 Å². The van der Waals surface area contributed by atoms with Crippen molar-refractivity contribution >= 4 is 17.6 Å². The summed E-state index contributed by atoms with van der Waals surface area (Å²) in [7, 11) is 2.99. The Morgan fingerprint density at radius 2 is 1.72 bits per heavy atom. The minimum atomic E-state index is -1.08.